The van der Waals surface area contributed by atoms with Crippen molar-refractivity contribution >= 4 is 45.8 Å². The van der Waals surface area contributed by atoms with Gasteiger partial charge >= 0.3 is 0 Å². The average Bonchev–Trinajstić information content (AvgIpc) is 3.54. The number of carbonyl (C=O) groups excluding carboxylic acids is 1. The Labute approximate surface area is 272 Å². The number of anilines is 1. The monoisotopic (exact) mass is 639 g/mol. The Bertz CT molecular complexity index is 1920. The summed E-state index contributed by atoms with van der Waals surface area (Å²) in [5, 5.41) is 12.2. The molecule has 1 fully saturated rings. The Morgan fingerprint density at radius 3 is 2.71 bits per heavy atom. The number of hydrogen-bond acceptors (Lipinski definition) is 6. The van der Waals surface area contributed by atoms with Gasteiger partial charge in [0.05, 0.1) is 21.4 Å². The summed E-state index contributed by atoms with van der Waals surface area (Å²) >= 11 is 14.2. The molecule has 2 aliphatic rings. The summed E-state index contributed by atoms with van der Waals surface area (Å²) < 4.78 is 2.05. The summed E-state index contributed by atoms with van der Waals surface area (Å²) in [5.41, 5.74) is 9.45. The molecular weight excluding hydrogens is 605 g/mol. The number of benzene rings is 2. The van der Waals surface area contributed by atoms with Crippen LogP contribution >= 0.6 is 23.2 Å². The first-order valence-corrected chi connectivity index (χ1v) is 16.1. The number of aromatic nitrogens is 3. The number of fused-ring (bicyclic) bond motifs is 2. The molecule has 0 unspecified atom stereocenters. The van der Waals surface area contributed by atoms with E-state index in [0.29, 0.717) is 23.0 Å². The topological polar surface area (TPSA) is 87.1 Å². The van der Waals surface area contributed by atoms with E-state index in [9.17, 15) is 4.79 Å². The molecule has 0 spiro atoms. The van der Waals surface area contributed by atoms with E-state index in [1.165, 1.54) is 11.3 Å². The largest absolute Gasteiger partial charge is 0.373 e. The predicted octanol–water partition coefficient (Wildman–Crippen LogP) is 6.18. The van der Waals surface area contributed by atoms with Gasteiger partial charge in [-0.15, -0.1) is 0 Å². The molecule has 5 aromatic rings. The van der Waals surface area contributed by atoms with Crippen molar-refractivity contribution in [3.63, 3.8) is 0 Å². The van der Waals surface area contributed by atoms with Crippen molar-refractivity contribution in [2.45, 2.75) is 32.0 Å². The van der Waals surface area contributed by atoms with Gasteiger partial charge in [0.2, 0.25) is 5.91 Å². The number of halogens is 2. The second-order valence-corrected chi connectivity index (χ2v) is 12.7. The maximum atomic E-state index is 11.5. The van der Waals surface area contributed by atoms with Crippen molar-refractivity contribution in [1.29, 1.82) is 0 Å². The normalized spacial score (nSPS) is 16.6. The number of pyridine rings is 2. The van der Waals surface area contributed by atoms with Crippen molar-refractivity contribution < 1.29 is 4.79 Å². The van der Waals surface area contributed by atoms with Crippen molar-refractivity contribution in [2.75, 3.05) is 31.6 Å². The summed E-state index contributed by atoms with van der Waals surface area (Å²) in [6.45, 7) is 4.15. The molecule has 7 rings (SSSR count). The van der Waals surface area contributed by atoms with Crippen LogP contribution in [0.2, 0.25) is 10.0 Å². The Balaban J connectivity index is 1.18. The minimum absolute atomic E-state index is 0.133. The zero-order valence-electron chi connectivity index (χ0n) is 25.3. The van der Waals surface area contributed by atoms with Crippen LogP contribution in [0.5, 0.6) is 0 Å². The molecule has 1 amide bonds. The van der Waals surface area contributed by atoms with Crippen LogP contribution in [0.15, 0.2) is 67.0 Å². The Morgan fingerprint density at radius 1 is 1.02 bits per heavy atom. The summed E-state index contributed by atoms with van der Waals surface area (Å²) in [7, 11) is 4.12. The minimum Gasteiger partial charge on any atom is -0.373 e. The van der Waals surface area contributed by atoms with E-state index in [0.717, 1.165) is 82.8 Å². The van der Waals surface area contributed by atoms with Crippen LogP contribution in [-0.2, 0) is 24.9 Å². The molecule has 230 valence electrons. The van der Waals surface area contributed by atoms with E-state index in [2.05, 4.69) is 63.3 Å². The number of aryl methyl sites for hydroxylation is 1. The van der Waals surface area contributed by atoms with Crippen LogP contribution in [0, 0.1) is 0 Å². The summed E-state index contributed by atoms with van der Waals surface area (Å²) in [5.74, 6) is 0.133. The van der Waals surface area contributed by atoms with Crippen LogP contribution in [0.4, 0.5) is 5.69 Å². The third kappa shape index (κ3) is 5.79. The number of hydrogen-bond donors (Lipinski definition) is 3. The van der Waals surface area contributed by atoms with Gasteiger partial charge in [-0.1, -0.05) is 53.5 Å². The van der Waals surface area contributed by atoms with E-state index < -0.39 is 0 Å². The Kier molecular flexibility index (Phi) is 8.23. The highest BCUT2D eigenvalue weighted by molar-refractivity contribution is 6.39. The lowest BCUT2D eigenvalue weighted by Gasteiger charge is -2.20. The van der Waals surface area contributed by atoms with Crippen molar-refractivity contribution in [1.82, 2.24) is 30.5 Å². The third-order valence-corrected chi connectivity index (χ3v) is 9.65. The van der Waals surface area contributed by atoms with Crippen LogP contribution in [0.1, 0.15) is 24.0 Å². The van der Waals surface area contributed by atoms with Crippen molar-refractivity contribution in [3.05, 3.63) is 88.2 Å². The molecule has 5 heterocycles. The Hall–Kier alpha value is -3.95. The van der Waals surface area contributed by atoms with Gasteiger partial charge in [0, 0.05) is 105 Å². The quantitative estimate of drug-likeness (QED) is 0.197. The maximum Gasteiger partial charge on any atom is 0.220 e. The molecule has 8 nitrogen and oxygen atoms in total. The zero-order chi connectivity index (χ0) is 31.1. The zero-order valence-corrected chi connectivity index (χ0v) is 26.8. The predicted molar refractivity (Wildman–Crippen MR) is 183 cm³/mol. The van der Waals surface area contributed by atoms with Crippen molar-refractivity contribution in [3.8, 4) is 33.6 Å². The number of nitrogens with one attached hydrogen (secondary N) is 3. The molecule has 2 aromatic carbocycles. The lowest BCUT2D eigenvalue weighted by molar-refractivity contribution is -0.119. The highest BCUT2D eigenvalue weighted by atomic mass is 35.5. The van der Waals surface area contributed by atoms with Gasteiger partial charge in [0.15, 0.2) is 0 Å². The molecule has 0 bridgehead atoms. The molecule has 0 aliphatic carbocycles. The van der Waals surface area contributed by atoms with Gasteiger partial charge in [-0.2, -0.15) is 0 Å². The molecule has 3 N–H and O–H groups in total. The summed E-state index contributed by atoms with van der Waals surface area (Å²) in [4.78, 5) is 23.5. The second kappa shape index (κ2) is 12.4. The van der Waals surface area contributed by atoms with Crippen LogP contribution < -0.4 is 20.9 Å². The molecule has 3 aromatic heterocycles. The van der Waals surface area contributed by atoms with E-state index in [4.69, 9.17) is 28.2 Å². The van der Waals surface area contributed by atoms with Gasteiger partial charge in [0.1, 0.15) is 5.65 Å². The van der Waals surface area contributed by atoms with Gasteiger partial charge < -0.3 is 25.4 Å². The van der Waals surface area contributed by atoms with Gasteiger partial charge in [-0.25, -0.2) is 4.98 Å². The SMILES string of the molecule is CN1CCNCc2ccc(-c3nccc(-c4cccc(-c5ccc6c(CNC[C@H]7CCC(=O)N7)cn(C)c6n5)c4Cl)c3Cl)cc21. The van der Waals surface area contributed by atoms with Gasteiger partial charge in [-0.3, -0.25) is 9.78 Å². The fourth-order valence-corrected chi connectivity index (χ4v) is 7.08. The first-order chi connectivity index (χ1) is 21.9. The number of likely N-dealkylation sites (N-methyl/N-ethyl adjacent to an activating group) is 1. The minimum atomic E-state index is 0.133. The van der Waals surface area contributed by atoms with Crippen LogP contribution in [-0.4, -0.2) is 53.2 Å². The van der Waals surface area contributed by atoms with Gasteiger partial charge in [0.25, 0.3) is 0 Å². The highest BCUT2D eigenvalue weighted by Crippen LogP contribution is 2.42. The van der Waals surface area contributed by atoms with E-state index >= 15 is 0 Å². The van der Waals surface area contributed by atoms with Crippen LogP contribution in [0.25, 0.3) is 44.7 Å². The number of nitrogens with zero attached hydrogens (tertiary/aromatic N) is 4. The van der Waals surface area contributed by atoms with Crippen LogP contribution in [0.3, 0.4) is 0 Å². The van der Waals surface area contributed by atoms with E-state index in [1.807, 2.05) is 41.9 Å². The van der Waals surface area contributed by atoms with E-state index in [-0.39, 0.29) is 11.9 Å². The lowest BCUT2D eigenvalue weighted by Crippen LogP contribution is -2.35. The molecule has 45 heavy (non-hydrogen) atoms. The highest BCUT2D eigenvalue weighted by Gasteiger charge is 2.21. The first kappa shape index (κ1) is 29.7. The maximum absolute atomic E-state index is 11.5. The Morgan fingerprint density at radius 2 is 1.87 bits per heavy atom. The first-order valence-electron chi connectivity index (χ1n) is 15.3. The number of carbonyl (C=O) groups is 1. The van der Waals surface area contributed by atoms with Gasteiger partial charge in [-0.05, 0) is 41.8 Å². The number of amides is 1. The van der Waals surface area contributed by atoms with Crippen molar-refractivity contribution in [2.24, 2.45) is 7.05 Å². The fraction of sp³-hybridized carbons (Fsp3) is 0.286. The molecule has 1 saturated heterocycles. The molecule has 1 atom stereocenters. The summed E-state index contributed by atoms with van der Waals surface area (Å²) in [6, 6.07) is 18.6. The number of rotatable bonds is 7. The second-order valence-electron chi connectivity index (χ2n) is 11.9. The lowest BCUT2D eigenvalue weighted by atomic mass is 9.99. The third-order valence-electron chi connectivity index (χ3n) is 8.86. The standard InChI is InChI=1S/C35H35Cl2N7O/c1-43-15-14-38-17-22-7-6-21(16-30(22)43)34-33(37)27(12-13-40-34)26-4-3-5-28(32(26)36)29-10-9-25-23(20-44(2)35(25)42-29)18-39-19-24-8-11-31(45)41-24/h3-7,9-10,12-13,16,20,24,38-39H,8,11,14-15,17-19H2,1-2H3,(H,41,45)/t24-/m1/s1. The average molecular weight is 641 g/mol. The molecule has 10 heteroatoms. The molecule has 0 saturated carbocycles. The molecule has 2 aliphatic heterocycles. The molecular formula is C35H35Cl2N7O. The van der Waals surface area contributed by atoms with E-state index in [1.54, 1.807) is 6.20 Å². The smallest absolute Gasteiger partial charge is 0.220 e. The molecule has 0 radical (unpaired) electrons. The fourth-order valence-electron chi connectivity index (χ4n) is 6.43. The summed E-state index contributed by atoms with van der Waals surface area (Å²) in [6.07, 6.45) is 5.38.